The molecule has 22 heavy (non-hydrogen) atoms. The summed E-state index contributed by atoms with van der Waals surface area (Å²) in [6.45, 7) is 7.92. The van der Waals surface area contributed by atoms with Gasteiger partial charge in [0, 0.05) is 5.92 Å². The van der Waals surface area contributed by atoms with E-state index in [4.69, 9.17) is 0 Å². The molecular formula is C19H26O3. The summed E-state index contributed by atoms with van der Waals surface area (Å²) in [6.07, 6.45) is 3.65. The Morgan fingerprint density at radius 2 is 1.55 bits per heavy atom. The molecule has 1 N–H and O–H groups in total. The number of rotatable bonds is 4. The summed E-state index contributed by atoms with van der Waals surface area (Å²) in [5, 5.41) is 9.72. The van der Waals surface area contributed by atoms with Crippen LogP contribution in [0.5, 0.6) is 0 Å². The van der Waals surface area contributed by atoms with Crippen LogP contribution in [-0.2, 0) is 9.59 Å². The number of carboxylic acid groups (broad SMARTS) is 1. The van der Waals surface area contributed by atoms with E-state index < -0.39 is 11.4 Å². The van der Waals surface area contributed by atoms with Crippen molar-refractivity contribution in [1.29, 1.82) is 0 Å². The van der Waals surface area contributed by atoms with Gasteiger partial charge in [0.2, 0.25) is 0 Å². The van der Waals surface area contributed by atoms with Gasteiger partial charge in [-0.1, -0.05) is 43.9 Å². The van der Waals surface area contributed by atoms with Crippen LogP contribution in [0.3, 0.4) is 0 Å². The third-order valence-corrected chi connectivity index (χ3v) is 5.15. The van der Waals surface area contributed by atoms with Gasteiger partial charge < -0.3 is 5.11 Å². The zero-order valence-electron chi connectivity index (χ0n) is 14.0. The molecule has 1 saturated carbocycles. The Bertz CT molecular complexity index is 572. The fourth-order valence-corrected chi connectivity index (χ4v) is 4.14. The Morgan fingerprint density at radius 3 is 2.00 bits per heavy atom. The van der Waals surface area contributed by atoms with Crippen molar-refractivity contribution < 1.29 is 14.7 Å². The molecule has 2 rings (SSSR count). The van der Waals surface area contributed by atoms with Gasteiger partial charge >= 0.3 is 5.97 Å². The van der Waals surface area contributed by atoms with Crippen molar-refractivity contribution in [1.82, 2.24) is 0 Å². The van der Waals surface area contributed by atoms with E-state index in [2.05, 4.69) is 12.1 Å². The van der Waals surface area contributed by atoms with Crippen LogP contribution in [-0.4, -0.2) is 16.9 Å². The third kappa shape index (κ3) is 2.81. The monoisotopic (exact) mass is 302 g/mol. The Hall–Kier alpha value is -1.64. The average Bonchev–Trinajstić information content (AvgIpc) is 2.45. The number of aliphatic carboxylic acids is 1. The molecule has 3 heteroatoms. The van der Waals surface area contributed by atoms with Gasteiger partial charge in [0.15, 0.2) is 5.78 Å². The predicted octanol–water partition coefficient (Wildman–Crippen LogP) is 4.32. The number of carboxylic acids is 1. The van der Waals surface area contributed by atoms with Gasteiger partial charge in [0.25, 0.3) is 0 Å². The molecule has 120 valence electrons. The normalized spacial score (nSPS) is 18.7. The maximum Gasteiger partial charge on any atom is 0.317 e. The number of aryl methyl sites for hydroxylation is 3. The second kappa shape index (κ2) is 6.23. The number of carbonyl (C=O) groups is 2. The molecule has 3 nitrogen and oxygen atoms in total. The second-order valence-electron chi connectivity index (χ2n) is 6.85. The minimum atomic E-state index is -1.18. The van der Waals surface area contributed by atoms with Crippen molar-refractivity contribution in [3.8, 4) is 0 Å². The molecule has 1 aromatic rings. The summed E-state index contributed by atoms with van der Waals surface area (Å²) in [5.74, 6) is -1.42. The highest BCUT2D eigenvalue weighted by Gasteiger charge is 2.48. The molecule has 1 aromatic carbocycles. The molecular weight excluding hydrogens is 276 g/mol. The van der Waals surface area contributed by atoms with Gasteiger partial charge in [-0.3, -0.25) is 9.59 Å². The van der Waals surface area contributed by atoms with E-state index >= 15 is 0 Å². The van der Waals surface area contributed by atoms with E-state index in [0.29, 0.717) is 12.8 Å². The highest BCUT2D eigenvalue weighted by molar-refractivity contribution is 6.06. The van der Waals surface area contributed by atoms with Crippen LogP contribution in [0.25, 0.3) is 0 Å². The SMILES string of the molecule is Cc1cc(C)c(C(C)C(=O)C2(C(=O)O)CCCCC2)c(C)c1. The molecule has 1 atom stereocenters. The van der Waals surface area contributed by atoms with Gasteiger partial charge in [-0.05, 0) is 50.3 Å². The van der Waals surface area contributed by atoms with Crippen molar-refractivity contribution in [2.45, 2.75) is 65.7 Å². The molecule has 0 heterocycles. The lowest BCUT2D eigenvalue weighted by atomic mass is 9.66. The van der Waals surface area contributed by atoms with E-state index in [0.717, 1.165) is 36.0 Å². The highest BCUT2D eigenvalue weighted by Crippen LogP contribution is 2.42. The number of benzene rings is 1. The van der Waals surface area contributed by atoms with Crippen molar-refractivity contribution in [3.05, 3.63) is 34.4 Å². The topological polar surface area (TPSA) is 54.4 Å². The third-order valence-electron chi connectivity index (χ3n) is 5.15. The maximum atomic E-state index is 13.1. The Labute approximate surface area is 132 Å². The number of carbonyl (C=O) groups excluding carboxylic acids is 1. The van der Waals surface area contributed by atoms with Crippen LogP contribution >= 0.6 is 0 Å². The molecule has 0 spiro atoms. The lowest BCUT2D eigenvalue weighted by Gasteiger charge is -2.34. The zero-order valence-corrected chi connectivity index (χ0v) is 14.0. The van der Waals surface area contributed by atoms with Gasteiger partial charge in [-0.2, -0.15) is 0 Å². The molecule has 1 aliphatic rings. The number of ketones is 1. The first-order valence-corrected chi connectivity index (χ1v) is 8.15. The predicted molar refractivity (Wildman–Crippen MR) is 87.2 cm³/mol. The summed E-state index contributed by atoms with van der Waals surface area (Å²) >= 11 is 0. The molecule has 0 radical (unpaired) electrons. The number of hydrogen-bond donors (Lipinski definition) is 1. The fraction of sp³-hybridized carbons (Fsp3) is 0.579. The first-order valence-electron chi connectivity index (χ1n) is 8.15. The smallest absolute Gasteiger partial charge is 0.317 e. The minimum Gasteiger partial charge on any atom is -0.480 e. The van der Waals surface area contributed by atoms with Crippen LogP contribution in [0.4, 0.5) is 0 Å². The van der Waals surface area contributed by atoms with Crippen LogP contribution in [0.2, 0.25) is 0 Å². The fourth-order valence-electron chi connectivity index (χ4n) is 4.14. The van der Waals surface area contributed by atoms with Crippen molar-refractivity contribution in [3.63, 3.8) is 0 Å². The summed E-state index contributed by atoms with van der Waals surface area (Å²) in [6, 6.07) is 4.14. The molecule has 1 aliphatic carbocycles. The molecule has 0 amide bonds. The molecule has 1 unspecified atom stereocenters. The lowest BCUT2D eigenvalue weighted by molar-refractivity contribution is -0.157. The summed E-state index contributed by atoms with van der Waals surface area (Å²) in [7, 11) is 0. The first kappa shape index (κ1) is 16.7. The van der Waals surface area contributed by atoms with E-state index in [9.17, 15) is 14.7 Å². The van der Waals surface area contributed by atoms with Crippen LogP contribution < -0.4 is 0 Å². The lowest BCUT2D eigenvalue weighted by Crippen LogP contribution is -2.43. The number of Topliss-reactive ketones (excluding diaryl/α,β-unsaturated/α-hetero) is 1. The molecule has 0 saturated heterocycles. The van der Waals surface area contributed by atoms with Crippen molar-refractivity contribution in [2.75, 3.05) is 0 Å². The van der Waals surface area contributed by atoms with Gasteiger partial charge in [0.1, 0.15) is 5.41 Å². The van der Waals surface area contributed by atoms with Gasteiger partial charge in [-0.25, -0.2) is 0 Å². The van der Waals surface area contributed by atoms with Crippen LogP contribution in [0, 0.1) is 26.2 Å². The van der Waals surface area contributed by atoms with E-state index in [-0.39, 0.29) is 11.7 Å². The number of hydrogen-bond acceptors (Lipinski definition) is 2. The molecule has 1 fully saturated rings. The highest BCUT2D eigenvalue weighted by atomic mass is 16.4. The summed E-state index contributed by atoms with van der Waals surface area (Å²) in [5.41, 5.74) is 3.15. The quantitative estimate of drug-likeness (QED) is 0.843. The summed E-state index contributed by atoms with van der Waals surface area (Å²) < 4.78 is 0. The van der Waals surface area contributed by atoms with E-state index in [1.165, 1.54) is 5.56 Å². The average molecular weight is 302 g/mol. The van der Waals surface area contributed by atoms with Crippen molar-refractivity contribution in [2.24, 2.45) is 5.41 Å². The molecule has 0 bridgehead atoms. The van der Waals surface area contributed by atoms with E-state index in [1.54, 1.807) is 0 Å². The van der Waals surface area contributed by atoms with Crippen molar-refractivity contribution >= 4 is 11.8 Å². The first-order chi connectivity index (χ1) is 10.3. The molecule has 0 aliphatic heterocycles. The largest absolute Gasteiger partial charge is 0.480 e. The second-order valence-corrected chi connectivity index (χ2v) is 6.85. The Morgan fingerprint density at radius 1 is 1.05 bits per heavy atom. The maximum absolute atomic E-state index is 13.1. The Kier molecular flexibility index (Phi) is 4.74. The van der Waals surface area contributed by atoms with Gasteiger partial charge in [0.05, 0.1) is 0 Å². The van der Waals surface area contributed by atoms with E-state index in [1.807, 2.05) is 27.7 Å². The molecule has 0 aromatic heterocycles. The van der Waals surface area contributed by atoms with Gasteiger partial charge in [-0.15, -0.1) is 0 Å². The standard InChI is InChI=1S/C19H26O3/c1-12-10-13(2)16(14(3)11-12)15(4)17(20)19(18(21)22)8-6-5-7-9-19/h10-11,15H,5-9H2,1-4H3,(H,21,22). The zero-order chi connectivity index (χ0) is 16.5. The summed E-state index contributed by atoms with van der Waals surface area (Å²) in [4.78, 5) is 24.9. The Balaban J connectivity index is 2.42. The minimum absolute atomic E-state index is 0.116. The van der Waals surface area contributed by atoms with Crippen LogP contribution in [0.15, 0.2) is 12.1 Å². The van der Waals surface area contributed by atoms with Crippen LogP contribution in [0.1, 0.15) is 67.2 Å².